The molecule has 2 aromatic carbocycles. The van der Waals surface area contributed by atoms with Crippen LogP contribution in [0, 0.1) is 6.92 Å². The second kappa shape index (κ2) is 19.4. The Morgan fingerprint density at radius 1 is 0.913 bits per heavy atom. The fourth-order valence-electron chi connectivity index (χ4n) is 5.11. The lowest BCUT2D eigenvalue weighted by molar-refractivity contribution is -0.144. The number of nitrogens with zero attached hydrogens (tertiary/aromatic N) is 1. The van der Waals surface area contributed by atoms with Gasteiger partial charge in [0.1, 0.15) is 23.4 Å². The van der Waals surface area contributed by atoms with Crippen molar-refractivity contribution in [1.29, 1.82) is 0 Å². The standard InChI is InChI=1S/C36H53N3O7/c1-7-9-10-11-12-15-24-39(32(29-17-14-13-16-26(29)3)33(42)37-23-22-31(41)45-8-2)34(43)30(38-35(44)46-36(4,5)6)25-27-18-20-28(40)21-19-27/h13-14,16-21,30,32,40H,7-12,15,22-25H2,1-6H3,(H,37,42)(H,38,44). The van der Waals surface area contributed by atoms with Crippen molar-refractivity contribution < 1.29 is 33.8 Å². The number of alkyl carbamates (subject to hydrolysis) is 1. The van der Waals surface area contributed by atoms with E-state index < -0.39 is 41.6 Å². The number of hydrogen-bond acceptors (Lipinski definition) is 7. The first-order chi connectivity index (χ1) is 21.9. The minimum atomic E-state index is -1.07. The average molecular weight is 640 g/mol. The predicted molar refractivity (Wildman–Crippen MR) is 178 cm³/mol. The van der Waals surface area contributed by atoms with Crippen molar-refractivity contribution in [1.82, 2.24) is 15.5 Å². The molecule has 0 saturated heterocycles. The monoisotopic (exact) mass is 639 g/mol. The third kappa shape index (κ3) is 13.5. The van der Waals surface area contributed by atoms with Crippen molar-refractivity contribution in [2.75, 3.05) is 19.7 Å². The van der Waals surface area contributed by atoms with Crippen LogP contribution < -0.4 is 10.6 Å². The zero-order valence-corrected chi connectivity index (χ0v) is 28.4. The van der Waals surface area contributed by atoms with E-state index in [-0.39, 0.29) is 38.3 Å². The minimum absolute atomic E-state index is 0.00484. The highest BCUT2D eigenvalue weighted by Crippen LogP contribution is 2.27. The van der Waals surface area contributed by atoms with E-state index in [0.717, 1.165) is 37.7 Å². The van der Waals surface area contributed by atoms with E-state index in [1.54, 1.807) is 44.7 Å². The van der Waals surface area contributed by atoms with Crippen LogP contribution in [0.5, 0.6) is 5.75 Å². The Morgan fingerprint density at radius 3 is 2.20 bits per heavy atom. The second-order valence-corrected chi connectivity index (χ2v) is 12.5. The van der Waals surface area contributed by atoms with Gasteiger partial charge < -0.3 is 30.1 Å². The Labute approximate surface area is 274 Å². The Kier molecular flexibility index (Phi) is 16.1. The summed E-state index contributed by atoms with van der Waals surface area (Å²) < 4.78 is 10.5. The zero-order valence-electron chi connectivity index (χ0n) is 28.4. The second-order valence-electron chi connectivity index (χ2n) is 12.5. The third-order valence-corrected chi connectivity index (χ3v) is 7.38. The largest absolute Gasteiger partial charge is 0.508 e. The van der Waals surface area contributed by atoms with Gasteiger partial charge in [-0.25, -0.2) is 4.79 Å². The molecule has 0 heterocycles. The molecule has 0 spiro atoms. The number of carbonyl (C=O) groups excluding carboxylic acids is 4. The van der Waals surface area contributed by atoms with Crippen LogP contribution >= 0.6 is 0 Å². The molecular formula is C36H53N3O7. The third-order valence-electron chi connectivity index (χ3n) is 7.38. The highest BCUT2D eigenvalue weighted by Gasteiger charge is 2.36. The molecule has 0 bridgehead atoms. The molecule has 46 heavy (non-hydrogen) atoms. The normalized spacial score (nSPS) is 12.5. The maximum atomic E-state index is 14.6. The highest BCUT2D eigenvalue weighted by molar-refractivity contribution is 5.92. The van der Waals surface area contributed by atoms with Gasteiger partial charge in [-0.15, -0.1) is 0 Å². The zero-order chi connectivity index (χ0) is 34.1. The minimum Gasteiger partial charge on any atom is -0.508 e. The van der Waals surface area contributed by atoms with Crippen LogP contribution in [0.1, 0.15) is 102 Å². The fraction of sp³-hybridized carbons (Fsp3) is 0.556. The molecule has 0 radical (unpaired) electrons. The molecule has 10 nitrogen and oxygen atoms in total. The molecule has 2 atom stereocenters. The average Bonchev–Trinajstić information content (AvgIpc) is 2.98. The van der Waals surface area contributed by atoms with Gasteiger partial charge in [-0.2, -0.15) is 0 Å². The SMILES string of the molecule is CCCCCCCCN(C(=O)C(Cc1ccc(O)cc1)NC(=O)OC(C)(C)C)C(C(=O)NCCC(=O)OCC)c1ccccc1C. The molecule has 0 aromatic heterocycles. The van der Waals surface area contributed by atoms with Gasteiger partial charge in [0.25, 0.3) is 0 Å². The Balaban J connectivity index is 2.52. The highest BCUT2D eigenvalue weighted by atomic mass is 16.6. The molecule has 0 aliphatic rings. The van der Waals surface area contributed by atoms with Crippen LogP contribution in [0.4, 0.5) is 4.79 Å². The molecule has 0 fully saturated rings. The first-order valence-electron chi connectivity index (χ1n) is 16.4. The first-order valence-corrected chi connectivity index (χ1v) is 16.4. The summed E-state index contributed by atoms with van der Waals surface area (Å²) in [5.41, 5.74) is 1.38. The number of hydrogen-bond donors (Lipinski definition) is 3. The Morgan fingerprint density at radius 2 is 1.57 bits per heavy atom. The molecule has 3 amide bonds. The number of nitrogens with one attached hydrogen (secondary N) is 2. The van der Waals surface area contributed by atoms with E-state index in [1.807, 2.05) is 31.2 Å². The van der Waals surface area contributed by atoms with E-state index in [1.165, 1.54) is 12.1 Å². The fourth-order valence-corrected chi connectivity index (χ4v) is 5.11. The number of carbonyl (C=O) groups is 4. The van der Waals surface area contributed by atoms with Gasteiger partial charge in [0.05, 0.1) is 13.0 Å². The number of phenols is 1. The lowest BCUT2D eigenvalue weighted by Gasteiger charge is -2.35. The number of amides is 3. The molecule has 10 heteroatoms. The van der Waals surface area contributed by atoms with E-state index >= 15 is 0 Å². The van der Waals surface area contributed by atoms with Gasteiger partial charge in [-0.1, -0.05) is 75.4 Å². The van der Waals surface area contributed by atoms with E-state index in [4.69, 9.17) is 9.47 Å². The van der Waals surface area contributed by atoms with Crippen LogP contribution in [0.25, 0.3) is 0 Å². The number of unbranched alkanes of at least 4 members (excludes halogenated alkanes) is 5. The predicted octanol–water partition coefficient (Wildman–Crippen LogP) is 6.14. The molecule has 2 unspecified atom stereocenters. The topological polar surface area (TPSA) is 134 Å². The number of rotatable bonds is 18. The molecule has 2 aromatic rings. The lowest BCUT2D eigenvalue weighted by atomic mass is 9.96. The van der Waals surface area contributed by atoms with Gasteiger partial charge in [0.2, 0.25) is 11.8 Å². The molecule has 0 saturated carbocycles. The van der Waals surface area contributed by atoms with Crippen molar-refractivity contribution in [3.05, 3.63) is 65.2 Å². The van der Waals surface area contributed by atoms with Crippen molar-refractivity contribution >= 4 is 23.9 Å². The van der Waals surface area contributed by atoms with Gasteiger partial charge in [0, 0.05) is 19.5 Å². The molecule has 0 aliphatic carbocycles. The summed E-state index contributed by atoms with van der Waals surface area (Å²) in [7, 11) is 0. The summed E-state index contributed by atoms with van der Waals surface area (Å²) in [4.78, 5) is 55.2. The van der Waals surface area contributed by atoms with Crippen molar-refractivity contribution in [3.8, 4) is 5.75 Å². The van der Waals surface area contributed by atoms with Crippen LogP contribution in [-0.4, -0.2) is 65.2 Å². The molecular weight excluding hydrogens is 586 g/mol. The summed E-state index contributed by atoms with van der Waals surface area (Å²) in [6, 6.07) is 11.7. The van der Waals surface area contributed by atoms with Crippen LogP contribution in [0.15, 0.2) is 48.5 Å². The van der Waals surface area contributed by atoms with Crippen LogP contribution in [-0.2, 0) is 30.3 Å². The number of benzene rings is 2. The molecule has 254 valence electrons. The van der Waals surface area contributed by atoms with Gasteiger partial charge in [-0.3, -0.25) is 14.4 Å². The number of ether oxygens (including phenoxy) is 2. The van der Waals surface area contributed by atoms with Gasteiger partial charge in [-0.05, 0) is 69.9 Å². The maximum absolute atomic E-state index is 14.6. The van der Waals surface area contributed by atoms with E-state index in [2.05, 4.69) is 17.6 Å². The molecule has 3 N–H and O–H groups in total. The van der Waals surface area contributed by atoms with Crippen LogP contribution in [0.3, 0.4) is 0 Å². The van der Waals surface area contributed by atoms with E-state index in [0.29, 0.717) is 17.5 Å². The number of aryl methyl sites for hydroxylation is 1. The van der Waals surface area contributed by atoms with Gasteiger partial charge >= 0.3 is 12.1 Å². The summed E-state index contributed by atoms with van der Waals surface area (Å²) in [5, 5.41) is 15.4. The van der Waals surface area contributed by atoms with Crippen molar-refractivity contribution in [2.24, 2.45) is 0 Å². The summed E-state index contributed by atoms with van der Waals surface area (Å²) >= 11 is 0. The summed E-state index contributed by atoms with van der Waals surface area (Å²) in [5.74, 6) is -1.22. The lowest BCUT2D eigenvalue weighted by Crippen LogP contribution is -2.54. The smallest absolute Gasteiger partial charge is 0.408 e. The Hall–Kier alpha value is -4.08. The summed E-state index contributed by atoms with van der Waals surface area (Å²) in [6.07, 6.45) is 5.21. The van der Waals surface area contributed by atoms with Crippen molar-refractivity contribution in [2.45, 2.75) is 111 Å². The Bertz CT molecular complexity index is 1260. The summed E-state index contributed by atoms with van der Waals surface area (Å²) in [6.45, 7) is 11.5. The number of esters is 1. The first kappa shape index (κ1) is 38.1. The quantitative estimate of drug-likeness (QED) is 0.132. The maximum Gasteiger partial charge on any atom is 0.408 e. The number of phenolic OH excluding ortho intramolecular Hbond substituents is 1. The van der Waals surface area contributed by atoms with E-state index in [9.17, 15) is 24.3 Å². The van der Waals surface area contributed by atoms with Crippen LogP contribution in [0.2, 0.25) is 0 Å². The molecule has 0 aliphatic heterocycles. The van der Waals surface area contributed by atoms with Gasteiger partial charge in [0.15, 0.2) is 0 Å². The van der Waals surface area contributed by atoms with Crippen molar-refractivity contribution in [3.63, 3.8) is 0 Å². The number of aromatic hydroxyl groups is 1. The molecule has 2 rings (SSSR count).